The van der Waals surface area contributed by atoms with E-state index >= 15 is 0 Å². The SMILES string of the molecule is C[C@@H](N)c1cc(Cl)ccc1Cn1c2c(c(=O)[nH]c1=S)CC=C2. The van der Waals surface area contributed by atoms with Crippen LogP contribution in [0.4, 0.5) is 0 Å². The normalized spacial score (nSPS) is 14.1. The second-order valence-electron chi connectivity index (χ2n) is 5.45. The number of H-pyrrole nitrogens is 1. The van der Waals surface area contributed by atoms with Gasteiger partial charge in [0.25, 0.3) is 5.56 Å². The zero-order valence-corrected chi connectivity index (χ0v) is 13.7. The van der Waals surface area contributed by atoms with Crippen molar-refractivity contribution in [3.63, 3.8) is 0 Å². The Labute approximate surface area is 138 Å². The molecule has 114 valence electrons. The summed E-state index contributed by atoms with van der Waals surface area (Å²) in [4.78, 5) is 14.7. The minimum atomic E-state index is -0.130. The predicted molar refractivity (Wildman–Crippen MR) is 91.8 cm³/mol. The smallest absolute Gasteiger partial charge is 0.255 e. The van der Waals surface area contributed by atoms with Crippen LogP contribution in [0.25, 0.3) is 6.08 Å². The molecule has 1 heterocycles. The molecule has 0 saturated heterocycles. The van der Waals surface area contributed by atoms with Crippen molar-refractivity contribution in [1.29, 1.82) is 0 Å². The van der Waals surface area contributed by atoms with Crippen molar-refractivity contribution in [3.8, 4) is 0 Å². The highest BCUT2D eigenvalue weighted by molar-refractivity contribution is 7.71. The van der Waals surface area contributed by atoms with Gasteiger partial charge in [-0.25, -0.2) is 0 Å². The maximum atomic E-state index is 11.9. The molecule has 0 unspecified atom stereocenters. The Bertz CT molecular complexity index is 880. The summed E-state index contributed by atoms with van der Waals surface area (Å²) in [7, 11) is 0. The highest BCUT2D eigenvalue weighted by Crippen LogP contribution is 2.24. The Morgan fingerprint density at radius 3 is 3.00 bits per heavy atom. The van der Waals surface area contributed by atoms with Crippen molar-refractivity contribution >= 4 is 29.9 Å². The number of allylic oxidation sites excluding steroid dienone is 1. The number of aromatic amines is 1. The van der Waals surface area contributed by atoms with Gasteiger partial charge in [-0.15, -0.1) is 0 Å². The number of rotatable bonds is 3. The van der Waals surface area contributed by atoms with E-state index in [4.69, 9.17) is 29.6 Å². The Morgan fingerprint density at radius 1 is 1.50 bits per heavy atom. The molecule has 1 aliphatic rings. The van der Waals surface area contributed by atoms with Gasteiger partial charge in [-0.1, -0.05) is 23.7 Å². The summed E-state index contributed by atoms with van der Waals surface area (Å²) < 4.78 is 2.35. The van der Waals surface area contributed by atoms with Gasteiger partial charge in [-0.3, -0.25) is 9.78 Å². The zero-order valence-electron chi connectivity index (χ0n) is 12.1. The zero-order chi connectivity index (χ0) is 15.9. The predicted octanol–water partition coefficient (Wildman–Crippen LogP) is 3.20. The van der Waals surface area contributed by atoms with Gasteiger partial charge in [0, 0.05) is 16.6 Å². The second kappa shape index (κ2) is 5.83. The minimum absolute atomic E-state index is 0.107. The third-order valence-electron chi connectivity index (χ3n) is 3.86. The Hall–Kier alpha value is -1.69. The second-order valence-corrected chi connectivity index (χ2v) is 6.27. The van der Waals surface area contributed by atoms with E-state index in [-0.39, 0.29) is 11.6 Å². The van der Waals surface area contributed by atoms with E-state index in [2.05, 4.69) is 4.98 Å². The largest absolute Gasteiger partial charge is 0.324 e. The summed E-state index contributed by atoms with van der Waals surface area (Å²) in [6.07, 6.45) is 4.56. The van der Waals surface area contributed by atoms with Crippen molar-refractivity contribution in [1.82, 2.24) is 9.55 Å². The van der Waals surface area contributed by atoms with E-state index in [1.807, 2.05) is 41.8 Å². The van der Waals surface area contributed by atoms with Crippen molar-refractivity contribution in [3.05, 3.63) is 66.8 Å². The summed E-state index contributed by atoms with van der Waals surface area (Å²) in [5, 5.41) is 0.659. The molecular formula is C16H16ClN3OS. The van der Waals surface area contributed by atoms with Crippen LogP contribution in [0.3, 0.4) is 0 Å². The molecule has 0 bridgehead atoms. The van der Waals surface area contributed by atoms with Gasteiger partial charge in [0.05, 0.1) is 12.2 Å². The van der Waals surface area contributed by atoms with Gasteiger partial charge in [0.2, 0.25) is 0 Å². The van der Waals surface area contributed by atoms with E-state index in [0.29, 0.717) is 22.8 Å². The minimum Gasteiger partial charge on any atom is -0.324 e. The number of halogens is 1. The summed E-state index contributed by atoms with van der Waals surface area (Å²) >= 11 is 11.4. The first-order chi connectivity index (χ1) is 10.5. The van der Waals surface area contributed by atoms with Crippen LogP contribution in [0.1, 0.15) is 35.3 Å². The van der Waals surface area contributed by atoms with E-state index in [0.717, 1.165) is 22.4 Å². The fraction of sp³-hybridized carbons (Fsp3) is 0.250. The summed E-state index contributed by atoms with van der Waals surface area (Å²) in [5.41, 5.74) is 9.60. The number of fused-ring (bicyclic) bond motifs is 1. The van der Waals surface area contributed by atoms with Gasteiger partial charge >= 0.3 is 0 Å². The maximum absolute atomic E-state index is 11.9. The van der Waals surface area contributed by atoms with Crippen molar-refractivity contribution in [2.45, 2.75) is 25.9 Å². The first-order valence-corrected chi connectivity index (χ1v) is 7.82. The Balaban J connectivity index is 2.13. The molecule has 22 heavy (non-hydrogen) atoms. The van der Waals surface area contributed by atoms with Crippen molar-refractivity contribution < 1.29 is 0 Å². The standard InChI is InChI=1S/C16H16ClN3OS/c1-9(18)13-7-11(17)6-5-10(13)8-20-14-4-2-3-12(14)15(21)19-16(20)22/h2,4-7,9H,3,8,18H2,1H3,(H,19,21,22)/t9-/m1/s1. The van der Waals surface area contributed by atoms with Crippen LogP contribution in [-0.2, 0) is 13.0 Å². The number of hydrogen-bond acceptors (Lipinski definition) is 3. The lowest BCUT2D eigenvalue weighted by atomic mass is 10.0. The van der Waals surface area contributed by atoms with E-state index in [1.165, 1.54) is 0 Å². The van der Waals surface area contributed by atoms with E-state index in [1.54, 1.807) is 0 Å². The van der Waals surface area contributed by atoms with Crippen LogP contribution < -0.4 is 11.3 Å². The lowest BCUT2D eigenvalue weighted by Crippen LogP contribution is -2.21. The molecule has 1 atom stereocenters. The average molecular weight is 334 g/mol. The Kier molecular flexibility index (Phi) is 4.04. The number of aromatic nitrogens is 2. The lowest BCUT2D eigenvalue weighted by Gasteiger charge is -2.17. The first-order valence-electron chi connectivity index (χ1n) is 7.04. The van der Waals surface area contributed by atoms with Crippen LogP contribution in [0.15, 0.2) is 29.1 Å². The topological polar surface area (TPSA) is 63.8 Å². The molecule has 1 aromatic heterocycles. The molecular weight excluding hydrogens is 318 g/mol. The maximum Gasteiger partial charge on any atom is 0.255 e. The molecule has 3 N–H and O–H groups in total. The molecule has 1 aliphatic carbocycles. The van der Waals surface area contributed by atoms with Crippen molar-refractivity contribution in [2.24, 2.45) is 5.73 Å². The lowest BCUT2D eigenvalue weighted by molar-refractivity contribution is 0.707. The molecule has 0 radical (unpaired) electrons. The van der Waals surface area contributed by atoms with Gasteiger partial charge < -0.3 is 10.3 Å². The van der Waals surface area contributed by atoms with Crippen LogP contribution in [0, 0.1) is 4.77 Å². The molecule has 0 saturated carbocycles. The molecule has 1 aromatic carbocycles. The number of hydrogen-bond donors (Lipinski definition) is 2. The highest BCUT2D eigenvalue weighted by Gasteiger charge is 2.16. The fourth-order valence-corrected chi connectivity index (χ4v) is 3.20. The van der Waals surface area contributed by atoms with Crippen LogP contribution in [-0.4, -0.2) is 9.55 Å². The first kappa shape index (κ1) is 15.2. The molecule has 3 rings (SSSR count). The van der Waals surface area contributed by atoms with E-state index < -0.39 is 0 Å². The fourth-order valence-electron chi connectivity index (χ4n) is 2.77. The third kappa shape index (κ3) is 2.67. The number of benzene rings is 1. The number of nitrogens with two attached hydrogens (primary N) is 1. The monoisotopic (exact) mass is 333 g/mol. The van der Waals surface area contributed by atoms with Crippen LogP contribution in [0.2, 0.25) is 5.02 Å². The van der Waals surface area contributed by atoms with Gasteiger partial charge in [-0.05, 0) is 54.9 Å². The average Bonchev–Trinajstić information content (AvgIpc) is 2.94. The molecule has 4 nitrogen and oxygen atoms in total. The van der Waals surface area contributed by atoms with Crippen LogP contribution in [0.5, 0.6) is 0 Å². The molecule has 0 spiro atoms. The molecule has 0 aliphatic heterocycles. The van der Waals surface area contributed by atoms with Gasteiger partial charge in [0.15, 0.2) is 4.77 Å². The molecule has 0 amide bonds. The Morgan fingerprint density at radius 2 is 2.27 bits per heavy atom. The van der Waals surface area contributed by atoms with Crippen molar-refractivity contribution in [2.75, 3.05) is 0 Å². The van der Waals surface area contributed by atoms with Gasteiger partial charge in [-0.2, -0.15) is 0 Å². The summed E-state index contributed by atoms with van der Waals surface area (Å²) in [6.45, 7) is 2.47. The van der Waals surface area contributed by atoms with Gasteiger partial charge in [0.1, 0.15) is 0 Å². The quantitative estimate of drug-likeness (QED) is 0.848. The molecule has 2 aromatic rings. The number of nitrogens with zero attached hydrogens (tertiary/aromatic N) is 1. The molecule has 6 heteroatoms. The third-order valence-corrected chi connectivity index (χ3v) is 4.42. The van der Waals surface area contributed by atoms with Crippen LogP contribution >= 0.6 is 23.8 Å². The summed E-state index contributed by atoms with van der Waals surface area (Å²) in [5.74, 6) is 0. The summed E-state index contributed by atoms with van der Waals surface area (Å²) in [6, 6.07) is 5.55. The van der Waals surface area contributed by atoms with E-state index in [9.17, 15) is 4.79 Å². The number of nitrogens with one attached hydrogen (secondary N) is 1. The molecule has 0 fully saturated rings. The highest BCUT2D eigenvalue weighted by atomic mass is 35.5.